The van der Waals surface area contributed by atoms with Gasteiger partial charge in [-0.1, -0.05) is 37.5 Å². The number of nitrogens with one attached hydrogen (secondary N) is 1. The van der Waals surface area contributed by atoms with Crippen LogP contribution in [0.4, 0.5) is 0 Å². The maximum absolute atomic E-state index is 12.4. The van der Waals surface area contributed by atoms with Crippen LogP contribution in [0.25, 0.3) is 0 Å². The molecule has 0 radical (unpaired) electrons. The van der Waals surface area contributed by atoms with E-state index in [4.69, 9.17) is 10.5 Å². The Bertz CT molecular complexity index is 467. The van der Waals surface area contributed by atoms with Gasteiger partial charge in [0, 0.05) is 5.56 Å². The monoisotopic (exact) mass is 276 g/mol. The molecule has 1 aromatic carbocycles. The quantitative estimate of drug-likeness (QED) is 0.888. The van der Waals surface area contributed by atoms with E-state index < -0.39 is 5.54 Å². The highest BCUT2D eigenvalue weighted by Crippen LogP contribution is 2.28. The Morgan fingerprint density at radius 2 is 1.95 bits per heavy atom. The van der Waals surface area contributed by atoms with Crippen molar-refractivity contribution in [1.82, 2.24) is 5.32 Å². The van der Waals surface area contributed by atoms with Gasteiger partial charge in [-0.15, -0.1) is 0 Å². The highest BCUT2D eigenvalue weighted by atomic mass is 16.5. The first-order valence-electron chi connectivity index (χ1n) is 7.29. The van der Waals surface area contributed by atoms with Gasteiger partial charge < -0.3 is 15.8 Å². The maximum atomic E-state index is 12.4. The molecule has 0 unspecified atom stereocenters. The van der Waals surface area contributed by atoms with Gasteiger partial charge in [0.1, 0.15) is 5.75 Å². The van der Waals surface area contributed by atoms with E-state index in [0.717, 1.165) is 37.0 Å². The van der Waals surface area contributed by atoms with Crippen LogP contribution in [-0.2, 0) is 4.79 Å². The van der Waals surface area contributed by atoms with Gasteiger partial charge in [0.2, 0.25) is 5.91 Å². The summed E-state index contributed by atoms with van der Waals surface area (Å²) in [4.78, 5) is 12.4. The highest BCUT2D eigenvalue weighted by molar-refractivity contribution is 5.86. The third-order valence-electron chi connectivity index (χ3n) is 4.15. The highest BCUT2D eigenvalue weighted by Gasteiger charge is 2.36. The summed E-state index contributed by atoms with van der Waals surface area (Å²) >= 11 is 0. The molecular formula is C16H24N2O2. The second-order valence-electron chi connectivity index (χ2n) is 5.65. The number of methoxy groups -OCH3 is 1. The summed E-state index contributed by atoms with van der Waals surface area (Å²) in [7, 11) is 1.64. The van der Waals surface area contributed by atoms with E-state index in [1.165, 1.54) is 6.42 Å². The van der Waals surface area contributed by atoms with Crippen LogP contribution in [0.1, 0.15) is 50.6 Å². The molecule has 20 heavy (non-hydrogen) atoms. The first-order chi connectivity index (χ1) is 9.57. The summed E-state index contributed by atoms with van der Waals surface area (Å²) in [5.41, 5.74) is 6.53. The Labute approximate surface area is 120 Å². The van der Waals surface area contributed by atoms with Crippen LogP contribution < -0.4 is 15.8 Å². The van der Waals surface area contributed by atoms with E-state index in [9.17, 15) is 4.79 Å². The van der Waals surface area contributed by atoms with Gasteiger partial charge >= 0.3 is 0 Å². The number of hydrogen-bond donors (Lipinski definition) is 2. The predicted molar refractivity (Wildman–Crippen MR) is 79.6 cm³/mol. The fourth-order valence-corrected chi connectivity index (χ4v) is 2.85. The fourth-order valence-electron chi connectivity index (χ4n) is 2.85. The normalized spacial score (nSPS) is 19.1. The minimum Gasteiger partial charge on any atom is -0.496 e. The number of rotatable bonds is 4. The van der Waals surface area contributed by atoms with Crippen molar-refractivity contribution in [2.45, 2.75) is 50.6 Å². The van der Waals surface area contributed by atoms with E-state index >= 15 is 0 Å². The van der Waals surface area contributed by atoms with Crippen molar-refractivity contribution in [1.29, 1.82) is 0 Å². The number of nitrogens with two attached hydrogens (primary N) is 1. The smallest absolute Gasteiger partial charge is 0.240 e. The standard InChI is InChI=1S/C16H24N2O2/c1-12(13-8-4-5-9-14(13)20-2)18-15(19)16(17)10-6-3-7-11-16/h4-5,8-9,12H,3,6-7,10-11,17H2,1-2H3,(H,18,19)/t12-/m0/s1. The molecule has 1 fully saturated rings. The molecule has 0 aromatic heterocycles. The van der Waals surface area contributed by atoms with Gasteiger partial charge in [0.15, 0.2) is 0 Å². The molecule has 0 spiro atoms. The fraction of sp³-hybridized carbons (Fsp3) is 0.562. The van der Waals surface area contributed by atoms with E-state index in [-0.39, 0.29) is 11.9 Å². The van der Waals surface area contributed by atoms with Crippen molar-refractivity contribution in [3.63, 3.8) is 0 Å². The van der Waals surface area contributed by atoms with Gasteiger partial charge in [-0.25, -0.2) is 0 Å². The first kappa shape index (κ1) is 14.9. The average molecular weight is 276 g/mol. The molecule has 1 aliphatic rings. The van der Waals surface area contributed by atoms with Crippen LogP contribution in [0.3, 0.4) is 0 Å². The minimum absolute atomic E-state index is 0.0457. The Kier molecular flexibility index (Phi) is 4.65. The lowest BCUT2D eigenvalue weighted by Crippen LogP contribution is -2.55. The summed E-state index contributed by atoms with van der Waals surface area (Å²) in [5.74, 6) is 0.741. The first-order valence-corrected chi connectivity index (χ1v) is 7.29. The molecule has 0 saturated heterocycles. The summed E-state index contributed by atoms with van der Waals surface area (Å²) in [6, 6.07) is 7.62. The Morgan fingerprint density at radius 3 is 2.60 bits per heavy atom. The maximum Gasteiger partial charge on any atom is 0.240 e. The number of benzene rings is 1. The van der Waals surface area contributed by atoms with Crippen molar-refractivity contribution >= 4 is 5.91 Å². The Balaban J connectivity index is 2.07. The van der Waals surface area contributed by atoms with E-state index in [0.29, 0.717) is 0 Å². The zero-order chi connectivity index (χ0) is 14.6. The van der Waals surface area contributed by atoms with Gasteiger partial charge in [-0.3, -0.25) is 4.79 Å². The second-order valence-corrected chi connectivity index (χ2v) is 5.65. The van der Waals surface area contributed by atoms with E-state index in [1.807, 2.05) is 31.2 Å². The zero-order valence-electron chi connectivity index (χ0n) is 12.3. The molecule has 0 heterocycles. The van der Waals surface area contributed by atoms with Crippen LogP contribution in [0.15, 0.2) is 24.3 Å². The topological polar surface area (TPSA) is 64.3 Å². The summed E-state index contributed by atoms with van der Waals surface area (Å²) in [5, 5.41) is 3.04. The minimum atomic E-state index is -0.700. The van der Waals surface area contributed by atoms with E-state index in [2.05, 4.69) is 5.32 Å². The zero-order valence-corrected chi connectivity index (χ0v) is 12.3. The Hall–Kier alpha value is -1.55. The largest absolute Gasteiger partial charge is 0.496 e. The molecule has 1 atom stereocenters. The van der Waals surface area contributed by atoms with Crippen molar-refractivity contribution in [2.24, 2.45) is 5.73 Å². The predicted octanol–water partition coefficient (Wildman–Crippen LogP) is 2.53. The molecule has 1 aliphatic carbocycles. The number of ether oxygens (including phenoxy) is 1. The van der Waals surface area contributed by atoms with Crippen molar-refractivity contribution in [3.8, 4) is 5.75 Å². The third kappa shape index (κ3) is 3.12. The third-order valence-corrected chi connectivity index (χ3v) is 4.15. The van der Waals surface area contributed by atoms with Crippen molar-refractivity contribution in [3.05, 3.63) is 29.8 Å². The van der Waals surface area contributed by atoms with Crippen LogP contribution in [0.5, 0.6) is 5.75 Å². The molecule has 4 heteroatoms. The van der Waals surface area contributed by atoms with Crippen LogP contribution >= 0.6 is 0 Å². The summed E-state index contributed by atoms with van der Waals surface area (Å²) < 4.78 is 5.34. The van der Waals surface area contributed by atoms with Gasteiger partial charge in [-0.05, 0) is 25.8 Å². The molecule has 0 bridgehead atoms. The lowest BCUT2D eigenvalue weighted by Gasteiger charge is -2.33. The number of carbonyl (C=O) groups excluding carboxylic acids is 1. The summed E-state index contributed by atoms with van der Waals surface area (Å²) in [6.07, 6.45) is 4.79. The number of carbonyl (C=O) groups is 1. The number of hydrogen-bond acceptors (Lipinski definition) is 3. The molecule has 110 valence electrons. The molecule has 4 nitrogen and oxygen atoms in total. The molecular weight excluding hydrogens is 252 g/mol. The lowest BCUT2D eigenvalue weighted by atomic mass is 9.81. The number of para-hydroxylation sites is 1. The SMILES string of the molecule is COc1ccccc1[C@H](C)NC(=O)C1(N)CCCCC1. The number of amides is 1. The van der Waals surface area contributed by atoms with Crippen molar-refractivity contribution < 1.29 is 9.53 Å². The molecule has 2 rings (SSSR count). The molecule has 1 aromatic rings. The van der Waals surface area contributed by atoms with Gasteiger partial charge in [-0.2, -0.15) is 0 Å². The Morgan fingerprint density at radius 1 is 1.30 bits per heavy atom. The second kappa shape index (κ2) is 6.27. The van der Waals surface area contributed by atoms with Gasteiger partial charge in [0.25, 0.3) is 0 Å². The van der Waals surface area contributed by atoms with Crippen LogP contribution in [0.2, 0.25) is 0 Å². The lowest BCUT2D eigenvalue weighted by molar-refractivity contribution is -0.128. The average Bonchev–Trinajstić information content (AvgIpc) is 2.47. The van der Waals surface area contributed by atoms with Crippen molar-refractivity contribution in [2.75, 3.05) is 7.11 Å². The van der Waals surface area contributed by atoms with Gasteiger partial charge in [0.05, 0.1) is 18.7 Å². The van der Waals surface area contributed by atoms with E-state index in [1.54, 1.807) is 7.11 Å². The molecule has 0 aliphatic heterocycles. The van der Waals surface area contributed by atoms with Crippen LogP contribution in [0, 0.1) is 0 Å². The molecule has 1 saturated carbocycles. The molecule has 3 N–H and O–H groups in total. The summed E-state index contributed by atoms with van der Waals surface area (Å²) in [6.45, 7) is 1.96. The molecule has 1 amide bonds. The van der Waals surface area contributed by atoms with Crippen LogP contribution in [-0.4, -0.2) is 18.6 Å².